The maximum absolute atomic E-state index is 13.7. The molecule has 0 aromatic heterocycles. The number of alkyl halides is 2. The molecular formula is C16H13F3O3. The second-order valence-corrected chi connectivity index (χ2v) is 4.44. The van der Waals surface area contributed by atoms with Crippen LogP contribution in [0.25, 0.3) is 11.1 Å². The molecule has 3 nitrogen and oxygen atoms in total. The Morgan fingerprint density at radius 3 is 2.55 bits per heavy atom. The van der Waals surface area contributed by atoms with Gasteiger partial charge in [-0.1, -0.05) is 17.7 Å². The van der Waals surface area contributed by atoms with Crippen molar-refractivity contribution in [3.8, 4) is 16.9 Å². The Morgan fingerprint density at radius 1 is 1.27 bits per heavy atom. The molecule has 0 spiro atoms. The van der Waals surface area contributed by atoms with Crippen molar-refractivity contribution < 1.29 is 31.9 Å². The summed E-state index contributed by atoms with van der Waals surface area (Å²) >= 11 is 0. The Balaban J connectivity index is 2.83. The van der Waals surface area contributed by atoms with E-state index in [0.717, 1.165) is 31.4 Å². The molecule has 0 radical (unpaired) electrons. The average Bonchev–Trinajstić information content (AvgIpc) is 2.52. The van der Waals surface area contributed by atoms with Gasteiger partial charge < -0.3 is 9.84 Å². The van der Waals surface area contributed by atoms with E-state index in [1.54, 1.807) is 0 Å². The number of ether oxygens (including phenoxy) is 1. The molecule has 2 rings (SSSR count). The van der Waals surface area contributed by atoms with Crippen molar-refractivity contribution in [3.63, 3.8) is 0 Å². The zero-order chi connectivity index (χ0) is 18.9. The van der Waals surface area contributed by atoms with E-state index in [0.29, 0.717) is 6.07 Å². The lowest BCUT2D eigenvalue weighted by Crippen LogP contribution is -2.02. The number of halogens is 3. The van der Waals surface area contributed by atoms with Crippen molar-refractivity contribution in [2.75, 3.05) is 7.11 Å². The number of aromatic carboxylic acids is 1. The van der Waals surface area contributed by atoms with Crippen LogP contribution in [0.15, 0.2) is 30.3 Å². The molecule has 0 amide bonds. The van der Waals surface area contributed by atoms with Crippen LogP contribution in [0.3, 0.4) is 0 Å². The Kier molecular flexibility index (Phi) is 3.35. The zero-order valence-electron chi connectivity index (χ0n) is 14.4. The summed E-state index contributed by atoms with van der Waals surface area (Å²) in [5.41, 5.74) is -1.73. The molecule has 0 unspecified atom stereocenters. The molecule has 1 N–H and O–H groups in total. The van der Waals surface area contributed by atoms with Gasteiger partial charge >= 0.3 is 5.97 Å². The van der Waals surface area contributed by atoms with Gasteiger partial charge in [0.25, 0.3) is 6.43 Å². The van der Waals surface area contributed by atoms with Crippen molar-refractivity contribution in [1.82, 2.24) is 0 Å². The third-order valence-corrected chi connectivity index (χ3v) is 3.09. The first kappa shape index (κ1) is 12.1. The van der Waals surface area contributed by atoms with E-state index in [1.165, 1.54) is 0 Å². The molecule has 0 fully saturated rings. The van der Waals surface area contributed by atoms with Gasteiger partial charge in [-0.2, -0.15) is 0 Å². The Hall–Kier alpha value is -2.50. The van der Waals surface area contributed by atoms with E-state index in [-0.39, 0.29) is 28.0 Å². The summed E-state index contributed by atoms with van der Waals surface area (Å²) in [7, 11) is 1.16. The molecule has 0 saturated carbocycles. The molecule has 2 aromatic carbocycles. The molecule has 0 saturated heterocycles. The van der Waals surface area contributed by atoms with Gasteiger partial charge in [-0.3, -0.25) is 0 Å². The summed E-state index contributed by atoms with van der Waals surface area (Å²) in [4.78, 5) is 11.4. The molecule has 0 aliphatic rings. The van der Waals surface area contributed by atoms with Gasteiger partial charge in [0.2, 0.25) is 0 Å². The minimum Gasteiger partial charge on any atom is -0.496 e. The van der Waals surface area contributed by atoms with Crippen LogP contribution in [0.2, 0.25) is 0 Å². The maximum Gasteiger partial charge on any atom is 0.336 e. The van der Waals surface area contributed by atoms with Crippen molar-refractivity contribution >= 4 is 5.97 Å². The highest BCUT2D eigenvalue weighted by molar-refractivity contribution is 5.97. The van der Waals surface area contributed by atoms with Gasteiger partial charge in [0.15, 0.2) is 0 Å². The van der Waals surface area contributed by atoms with E-state index < -0.39 is 30.6 Å². The zero-order valence-corrected chi connectivity index (χ0v) is 11.4. The fraction of sp³-hybridized carbons (Fsp3) is 0.188. The number of benzene rings is 2. The lowest BCUT2D eigenvalue weighted by atomic mass is 9.95. The van der Waals surface area contributed by atoms with Crippen LogP contribution in [-0.2, 0) is 0 Å². The van der Waals surface area contributed by atoms with E-state index in [2.05, 4.69) is 0 Å². The van der Waals surface area contributed by atoms with Crippen LogP contribution in [0.5, 0.6) is 5.75 Å². The number of methoxy groups -OCH3 is 1. The molecule has 0 heterocycles. The van der Waals surface area contributed by atoms with Gasteiger partial charge in [-0.15, -0.1) is 0 Å². The van der Waals surface area contributed by atoms with Gasteiger partial charge in [0, 0.05) is 21.3 Å². The first-order chi connectivity index (χ1) is 11.6. The third-order valence-electron chi connectivity index (χ3n) is 3.09. The summed E-state index contributed by atoms with van der Waals surface area (Å²) in [6, 6.07) is 4.71. The summed E-state index contributed by atoms with van der Waals surface area (Å²) in [5, 5.41) is 9.31. The molecular weight excluding hydrogens is 297 g/mol. The fourth-order valence-corrected chi connectivity index (χ4v) is 2.07. The lowest BCUT2D eigenvalue weighted by molar-refractivity contribution is 0.0697. The summed E-state index contributed by atoms with van der Waals surface area (Å²) in [6.45, 7) is -2.54. The normalized spacial score (nSPS) is 13.4. The van der Waals surface area contributed by atoms with Crippen LogP contribution in [0.4, 0.5) is 13.2 Å². The Bertz CT molecular complexity index is 820. The lowest BCUT2D eigenvalue weighted by Gasteiger charge is -2.14. The summed E-state index contributed by atoms with van der Waals surface area (Å²) < 4.78 is 67.0. The maximum atomic E-state index is 13.7. The molecule has 116 valence electrons. The van der Waals surface area contributed by atoms with E-state index in [9.17, 15) is 23.1 Å². The summed E-state index contributed by atoms with van der Waals surface area (Å²) in [6.07, 6.45) is -3.14. The van der Waals surface area contributed by atoms with Crippen molar-refractivity contribution in [3.05, 3.63) is 52.8 Å². The molecule has 0 bridgehead atoms. The molecule has 6 heteroatoms. The van der Waals surface area contributed by atoms with Crippen LogP contribution in [-0.4, -0.2) is 18.2 Å². The second-order valence-electron chi connectivity index (χ2n) is 4.44. The van der Waals surface area contributed by atoms with Gasteiger partial charge in [0.1, 0.15) is 11.6 Å². The molecule has 0 aliphatic heterocycles. The number of rotatable bonds is 4. The van der Waals surface area contributed by atoms with Crippen molar-refractivity contribution in [2.45, 2.75) is 13.3 Å². The van der Waals surface area contributed by atoms with E-state index >= 15 is 0 Å². The minimum atomic E-state index is -3.14. The second kappa shape index (κ2) is 6.09. The Labute approximate surface area is 129 Å². The van der Waals surface area contributed by atoms with Crippen molar-refractivity contribution in [2.24, 2.45) is 0 Å². The highest BCUT2D eigenvalue weighted by Gasteiger charge is 2.21. The van der Waals surface area contributed by atoms with Crippen molar-refractivity contribution in [1.29, 1.82) is 0 Å². The van der Waals surface area contributed by atoms with Gasteiger partial charge in [-0.05, 0) is 19.0 Å². The first-order valence-corrected chi connectivity index (χ1v) is 6.10. The molecule has 0 aliphatic carbocycles. The predicted octanol–water partition coefficient (Wildman–Crippen LogP) is 4.45. The topological polar surface area (TPSA) is 46.5 Å². The standard InChI is InChI=1S/C16H13F3O3/c1-8-3-4-9(16(20)21)10(5-8)11-6-12(15(18)19)13(17)7-14(11)22-2/h3-7,15H,1-2H3,(H,20,21)/i1D3. The molecule has 22 heavy (non-hydrogen) atoms. The third kappa shape index (κ3) is 2.90. The number of carbonyl (C=O) groups is 1. The minimum absolute atomic E-state index is 0.136. The number of aryl methyl sites for hydroxylation is 1. The SMILES string of the molecule is [2H]C([2H])([2H])c1ccc(C(=O)O)c(-c2cc(C(F)F)c(F)cc2OC)c1. The van der Waals surface area contributed by atoms with Crippen LogP contribution in [0, 0.1) is 12.7 Å². The fourth-order valence-electron chi connectivity index (χ4n) is 2.07. The van der Waals surface area contributed by atoms with E-state index in [1.807, 2.05) is 0 Å². The van der Waals surface area contributed by atoms with Crippen LogP contribution >= 0.6 is 0 Å². The number of carboxylic acids is 1. The number of hydrogen-bond acceptors (Lipinski definition) is 2. The summed E-state index contributed by atoms with van der Waals surface area (Å²) in [5.74, 6) is -2.79. The average molecular weight is 313 g/mol. The highest BCUT2D eigenvalue weighted by Crippen LogP contribution is 2.37. The van der Waals surface area contributed by atoms with Gasteiger partial charge in [-0.25, -0.2) is 18.0 Å². The van der Waals surface area contributed by atoms with E-state index in [4.69, 9.17) is 8.85 Å². The predicted molar refractivity (Wildman–Crippen MR) is 75.0 cm³/mol. The smallest absolute Gasteiger partial charge is 0.336 e. The Morgan fingerprint density at radius 2 is 2.00 bits per heavy atom. The monoisotopic (exact) mass is 313 g/mol. The molecule has 0 atom stereocenters. The largest absolute Gasteiger partial charge is 0.496 e. The highest BCUT2D eigenvalue weighted by atomic mass is 19.3. The van der Waals surface area contributed by atoms with Gasteiger partial charge in [0.05, 0.1) is 18.2 Å². The number of hydrogen-bond donors (Lipinski definition) is 1. The molecule has 2 aromatic rings. The quantitative estimate of drug-likeness (QED) is 0.907. The first-order valence-electron chi connectivity index (χ1n) is 7.60. The van der Waals surface area contributed by atoms with Crippen LogP contribution in [0.1, 0.15) is 32.0 Å². The van der Waals surface area contributed by atoms with Crippen LogP contribution < -0.4 is 4.74 Å². The number of carboxylic acid groups (broad SMARTS) is 1.